The summed E-state index contributed by atoms with van der Waals surface area (Å²) in [5, 5.41) is 0. The molecule has 0 spiro atoms. The van der Waals surface area contributed by atoms with Gasteiger partial charge in [-0.2, -0.15) is 0 Å². The van der Waals surface area contributed by atoms with Gasteiger partial charge < -0.3 is 4.74 Å². The molecule has 0 rings (SSSR count). The van der Waals surface area contributed by atoms with Gasteiger partial charge in [0.1, 0.15) is 6.10 Å². The van der Waals surface area contributed by atoms with Gasteiger partial charge in [0.25, 0.3) is 0 Å². The number of rotatable bonds is 4. The predicted molar refractivity (Wildman–Crippen MR) is 53.9 cm³/mol. The Bertz CT molecular complexity index is 121. The zero-order valence-corrected chi connectivity index (χ0v) is 9.42. The van der Waals surface area contributed by atoms with Crippen molar-refractivity contribution in [3.63, 3.8) is 0 Å². The lowest BCUT2D eigenvalue weighted by Gasteiger charge is -2.19. The second kappa shape index (κ2) is 5.80. The molecular weight excluding hydrogens is 255 g/mol. The van der Waals surface area contributed by atoms with Gasteiger partial charge in [-0.3, -0.25) is 4.79 Å². The van der Waals surface area contributed by atoms with Gasteiger partial charge >= 0.3 is 5.97 Å². The summed E-state index contributed by atoms with van der Waals surface area (Å²) in [7, 11) is 0. The largest absolute Gasteiger partial charge is 0.463 e. The highest BCUT2D eigenvalue weighted by Crippen LogP contribution is 2.14. The molecule has 0 N–H and O–H groups in total. The van der Waals surface area contributed by atoms with E-state index in [0.717, 1.165) is 10.8 Å². The SMILES string of the molecule is CCC(CI)C(C)OC(C)=O. The Hall–Kier alpha value is 0.200. The Labute approximate surface area is 81.8 Å². The molecule has 0 heterocycles. The molecule has 2 atom stereocenters. The summed E-state index contributed by atoms with van der Waals surface area (Å²) in [5.41, 5.74) is 0. The maximum absolute atomic E-state index is 10.6. The molecule has 3 heteroatoms. The lowest BCUT2D eigenvalue weighted by molar-refractivity contribution is -0.147. The van der Waals surface area contributed by atoms with Crippen molar-refractivity contribution in [3.8, 4) is 0 Å². The summed E-state index contributed by atoms with van der Waals surface area (Å²) in [6, 6.07) is 0. The normalized spacial score (nSPS) is 15.6. The number of carbonyl (C=O) groups excluding carboxylic acids is 1. The quantitative estimate of drug-likeness (QED) is 0.445. The number of esters is 1. The molecule has 66 valence electrons. The first-order chi connectivity index (χ1) is 5.11. The Kier molecular flexibility index (Phi) is 5.91. The minimum Gasteiger partial charge on any atom is -0.463 e. The van der Waals surface area contributed by atoms with Crippen LogP contribution in [0.5, 0.6) is 0 Å². The van der Waals surface area contributed by atoms with Crippen molar-refractivity contribution in [1.82, 2.24) is 0 Å². The molecule has 0 radical (unpaired) electrons. The Morgan fingerprint density at radius 2 is 2.18 bits per heavy atom. The van der Waals surface area contributed by atoms with Crippen molar-refractivity contribution in [2.24, 2.45) is 5.92 Å². The first-order valence-corrected chi connectivity index (χ1v) is 5.37. The van der Waals surface area contributed by atoms with Crippen LogP contribution in [0, 0.1) is 5.92 Å². The molecule has 0 aliphatic heterocycles. The summed E-state index contributed by atoms with van der Waals surface area (Å²) in [4.78, 5) is 10.6. The van der Waals surface area contributed by atoms with Crippen molar-refractivity contribution in [1.29, 1.82) is 0 Å². The summed E-state index contributed by atoms with van der Waals surface area (Å²) in [6.07, 6.45) is 1.13. The number of hydrogen-bond acceptors (Lipinski definition) is 2. The molecule has 11 heavy (non-hydrogen) atoms. The lowest BCUT2D eigenvalue weighted by Crippen LogP contribution is -2.23. The molecule has 0 aromatic heterocycles. The van der Waals surface area contributed by atoms with Crippen LogP contribution in [0.1, 0.15) is 27.2 Å². The van der Waals surface area contributed by atoms with Gasteiger partial charge in [-0.05, 0) is 13.3 Å². The van der Waals surface area contributed by atoms with Gasteiger partial charge in [-0.25, -0.2) is 0 Å². The van der Waals surface area contributed by atoms with E-state index in [-0.39, 0.29) is 12.1 Å². The van der Waals surface area contributed by atoms with E-state index < -0.39 is 0 Å². The van der Waals surface area contributed by atoms with Gasteiger partial charge in [0, 0.05) is 17.3 Å². The highest BCUT2D eigenvalue weighted by Gasteiger charge is 2.15. The molecular formula is C8H15IO2. The van der Waals surface area contributed by atoms with Crippen molar-refractivity contribution < 1.29 is 9.53 Å². The average Bonchev–Trinajstić information content (AvgIpc) is 1.88. The Morgan fingerprint density at radius 1 is 1.64 bits per heavy atom. The van der Waals surface area contributed by atoms with Crippen molar-refractivity contribution in [3.05, 3.63) is 0 Å². The second-order valence-electron chi connectivity index (χ2n) is 2.64. The monoisotopic (exact) mass is 270 g/mol. The number of alkyl halides is 1. The molecule has 0 fully saturated rings. The predicted octanol–water partition coefficient (Wildman–Crippen LogP) is 2.40. The smallest absolute Gasteiger partial charge is 0.302 e. The minimum atomic E-state index is -0.180. The van der Waals surface area contributed by atoms with E-state index >= 15 is 0 Å². The molecule has 0 aliphatic rings. The van der Waals surface area contributed by atoms with Gasteiger partial charge in [0.05, 0.1) is 0 Å². The summed E-state index contributed by atoms with van der Waals surface area (Å²) in [5.74, 6) is 0.320. The summed E-state index contributed by atoms with van der Waals surface area (Å²) in [6.45, 7) is 5.52. The highest BCUT2D eigenvalue weighted by atomic mass is 127. The summed E-state index contributed by atoms with van der Waals surface area (Å²) < 4.78 is 6.09. The van der Waals surface area contributed by atoms with Crippen LogP contribution < -0.4 is 0 Å². The zero-order valence-electron chi connectivity index (χ0n) is 7.26. The van der Waals surface area contributed by atoms with Crippen LogP contribution in [-0.4, -0.2) is 16.5 Å². The third kappa shape index (κ3) is 4.61. The van der Waals surface area contributed by atoms with Crippen LogP contribution in [0.2, 0.25) is 0 Å². The maximum atomic E-state index is 10.6. The van der Waals surface area contributed by atoms with E-state index in [2.05, 4.69) is 29.5 Å². The van der Waals surface area contributed by atoms with E-state index in [1.54, 1.807) is 0 Å². The molecule has 2 nitrogen and oxygen atoms in total. The standard InChI is InChI=1S/C8H15IO2/c1-4-8(5-9)6(2)11-7(3)10/h6,8H,4-5H2,1-3H3. The van der Waals surface area contributed by atoms with E-state index in [1.807, 2.05) is 6.92 Å². The molecule has 0 aromatic rings. The van der Waals surface area contributed by atoms with Gasteiger partial charge in [0.15, 0.2) is 0 Å². The molecule has 0 aromatic carbocycles. The van der Waals surface area contributed by atoms with Crippen LogP contribution in [-0.2, 0) is 9.53 Å². The summed E-state index contributed by atoms with van der Waals surface area (Å²) >= 11 is 2.32. The minimum absolute atomic E-state index is 0.0643. The molecule has 0 amide bonds. The molecule has 0 bridgehead atoms. The van der Waals surface area contributed by atoms with Crippen molar-refractivity contribution >= 4 is 28.6 Å². The van der Waals surface area contributed by atoms with E-state index in [4.69, 9.17) is 4.74 Å². The van der Waals surface area contributed by atoms with Crippen molar-refractivity contribution in [2.45, 2.75) is 33.3 Å². The Morgan fingerprint density at radius 3 is 2.45 bits per heavy atom. The number of ether oxygens (including phenoxy) is 1. The van der Waals surface area contributed by atoms with Crippen LogP contribution >= 0.6 is 22.6 Å². The fraction of sp³-hybridized carbons (Fsp3) is 0.875. The van der Waals surface area contributed by atoms with Gasteiger partial charge in [-0.15, -0.1) is 0 Å². The fourth-order valence-corrected chi connectivity index (χ4v) is 2.26. The first-order valence-electron chi connectivity index (χ1n) is 3.85. The zero-order chi connectivity index (χ0) is 8.85. The van der Waals surface area contributed by atoms with Gasteiger partial charge in [-0.1, -0.05) is 29.5 Å². The molecule has 0 aliphatic carbocycles. The van der Waals surface area contributed by atoms with Crippen LogP contribution in [0.15, 0.2) is 0 Å². The molecule has 2 unspecified atom stereocenters. The highest BCUT2D eigenvalue weighted by molar-refractivity contribution is 14.1. The van der Waals surface area contributed by atoms with E-state index in [1.165, 1.54) is 6.92 Å². The van der Waals surface area contributed by atoms with Crippen LogP contribution in [0.4, 0.5) is 0 Å². The van der Waals surface area contributed by atoms with E-state index in [0.29, 0.717) is 5.92 Å². The lowest BCUT2D eigenvalue weighted by atomic mass is 10.0. The molecule has 0 saturated carbocycles. The third-order valence-corrected chi connectivity index (χ3v) is 2.87. The number of hydrogen-bond donors (Lipinski definition) is 0. The van der Waals surface area contributed by atoms with Crippen molar-refractivity contribution in [2.75, 3.05) is 4.43 Å². The Balaban J connectivity index is 3.78. The number of halogens is 1. The van der Waals surface area contributed by atoms with E-state index in [9.17, 15) is 4.79 Å². The first kappa shape index (κ1) is 11.2. The van der Waals surface area contributed by atoms with Gasteiger partial charge in [0.2, 0.25) is 0 Å². The molecule has 0 saturated heterocycles. The fourth-order valence-electron chi connectivity index (χ4n) is 0.925. The third-order valence-electron chi connectivity index (χ3n) is 1.74. The number of carbonyl (C=O) groups is 1. The maximum Gasteiger partial charge on any atom is 0.302 e. The van der Waals surface area contributed by atoms with Crippen LogP contribution in [0.3, 0.4) is 0 Å². The van der Waals surface area contributed by atoms with Crippen LogP contribution in [0.25, 0.3) is 0 Å². The second-order valence-corrected chi connectivity index (χ2v) is 3.52. The topological polar surface area (TPSA) is 26.3 Å². The average molecular weight is 270 g/mol.